The van der Waals surface area contributed by atoms with Crippen LogP contribution < -0.4 is 10.1 Å². The van der Waals surface area contributed by atoms with Crippen LogP contribution in [0.5, 0.6) is 5.75 Å². The minimum atomic E-state index is 0.0831. The van der Waals surface area contributed by atoms with Crippen LogP contribution in [0.15, 0.2) is 48.5 Å². The normalized spacial score (nSPS) is 15.0. The van der Waals surface area contributed by atoms with Gasteiger partial charge in [-0.05, 0) is 43.7 Å². The topological polar surface area (TPSA) is 41.6 Å². The number of hydrogen-bond acceptors (Lipinski definition) is 3. The highest BCUT2D eigenvalue weighted by Crippen LogP contribution is 2.17. The first-order valence-corrected chi connectivity index (χ1v) is 8.51. The van der Waals surface area contributed by atoms with Crippen LogP contribution in [0.4, 0.5) is 0 Å². The van der Waals surface area contributed by atoms with Gasteiger partial charge in [-0.1, -0.05) is 35.9 Å². The van der Waals surface area contributed by atoms with Crippen molar-refractivity contribution in [2.24, 2.45) is 0 Å². The van der Waals surface area contributed by atoms with Gasteiger partial charge in [0, 0.05) is 25.2 Å². The van der Waals surface area contributed by atoms with E-state index in [0.29, 0.717) is 12.2 Å². The lowest BCUT2D eigenvalue weighted by Gasteiger charge is -2.20. The summed E-state index contributed by atoms with van der Waals surface area (Å²) in [6, 6.07) is 15.7. The number of carbonyl (C=O) groups is 1. The van der Waals surface area contributed by atoms with E-state index in [1.807, 2.05) is 41.3 Å². The molecule has 1 aliphatic rings. The van der Waals surface area contributed by atoms with E-state index < -0.39 is 0 Å². The van der Waals surface area contributed by atoms with E-state index >= 15 is 0 Å². The van der Waals surface area contributed by atoms with Gasteiger partial charge in [0.05, 0.1) is 0 Å². The summed E-state index contributed by atoms with van der Waals surface area (Å²) in [6.07, 6.45) is 0.995. The lowest BCUT2D eigenvalue weighted by Crippen LogP contribution is -2.34. The monoisotopic (exact) mass is 324 g/mol. The second-order valence-electron chi connectivity index (χ2n) is 6.20. The highest BCUT2D eigenvalue weighted by Gasteiger charge is 2.17. The highest BCUT2D eigenvalue weighted by atomic mass is 16.5. The number of ether oxygens (including phenoxy) is 1. The van der Waals surface area contributed by atoms with E-state index in [0.717, 1.165) is 43.9 Å². The van der Waals surface area contributed by atoms with Crippen molar-refractivity contribution in [3.8, 4) is 5.75 Å². The fourth-order valence-electron chi connectivity index (χ4n) is 2.92. The Balaban J connectivity index is 1.66. The molecule has 0 spiro atoms. The molecule has 0 atom stereocenters. The largest absolute Gasteiger partial charge is 0.489 e. The van der Waals surface area contributed by atoms with E-state index in [1.54, 1.807) is 0 Å². The van der Waals surface area contributed by atoms with Gasteiger partial charge in [0.2, 0.25) is 0 Å². The van der Waals surface area contributed by atoms with Gasteiger partial charge < -0.3 is 15.0 Å². The van der Waals surface area contributed by atoms with Crippen LogP contribution in [0.2, 0.25) is 0 Å². The Morgan fingerprint density at radius 1 is 1.12 bits per heavy atom. The third-order valence-electron chi connectivity index (χ3n) is 4.20. The molecule has 24 heavy (non-hydrogen) atoms. The van der Waals surface area contributed by atoms with Crippen molar-refractivity contribution in [2.75, 3.05) is 26.2 Å². The van der Waals surface area contributed by atoms with Gasteiger partial charge >= 0.3 is 0 Å². The smallest absolute Gasteiger partial charge is 0.254 e. The first-order chi connectivity index (χ1) is 11.7. The van der Waals surface area contributed by atoms with Crippen molar-refractivity contribution in [2.45, 2.75) is 20.0 Å². The highest BCUT2D eigenvalue weighted by molar-refractivity contribution is 5.94. The predicted molar refractivity (Wildman–Crippen MR) is 95.3 cm³/mol. The van der Waals surface area contributed by atoms with Crippen LogP contribution in [0.25, 0.3) is 0 Å². The van der Waals surface area contributed by atoms with Gasteiger partial charge in [-0.3, -0.25) is 4.79 Å². The molecule has 1 amide bonds. The SMILES string of the molecule is Cc1cccc(COc2cccc(C(=O)N3CCCNCC3)c2)c1. The molecule has 1 aliphatic heterocycles. The molecule has 0 aliphatic carbocycles. The van der Waals surface area contributed by atoms with Crippen molar-refractivity contribution in [3.05, 3.63) is 65.2 Å². The van der Waals surface area contributed by atoms with Crippen molar-refractivity contribution in [1.29, 1.82) is 0 Å². The summed E-state index contributed by atoms with van der Waals surface area (Å²) in [5.41, 5.74) is 3.04. The molecule has 1 fully saturated rings. The summed E-state index contributed by atoms with van der Waals surface area (Å²) in [5, 5.41) is 3.32. The van der Waals surface area contributed by atoms with Crippen molar-refractivity contribution < 1.29 is 9.53 Å². The zero-order chi connectivity index (χ0) is 16.8. The molecule has 0 unspecified atom stereocenters. The maximum atomic E-state index is 12.7. The summed E-state index contributed by atoms with van der Waals surface area (Å²) in [6.45, 7) is 5.97. The number of nitrogens with zero attached hydrogens (tertiary/aromatic N) is 1. The van der Waals surface area contributed by atoms with Crippen LogP contribution >= 0.6 is 0 Å². The van der Waals surface area contributed by atoms with Gasteiger partial charge in [0.1, 0.15) is 12.4 Å². The number of benzene rings is 2. The fraction of sp³-hybridized carbons (Fsp3) is 0.350. The van der Waals surface area contributed by atoms with Crippen LogP contribution in [0.3, 0.4) is 0 Å². The predicted octanol–water partition coefficient (Wildman–Crippen LogP) is 3.01. The summed E-state index contributed by atoms with van der Waals surface area (Å²) in [4.78, 5) is 14.6. The molecule has 4 nitrogen and oxygen atoms in total. The van der Waals surface area contributed by atoms with Crippen molar-refractivity contribution >= 4 is 5.91 Å². The summed E-state index contributed by atoms with van der Waals surface area (Å²) in [7, 11) is 0. The van der Waals surface area contributed by atoms with E-state index in [1.165, 1.54) is 5.56 Å². The van der Waals surface area contributed by atoms with E-state index in [4.69, 9.17) is 4.74 Å². The van der Waals surface area contributed by atoms with Gasteiger partial charge in [0.25, 0.3) is 5.91 Å². The number of hydrogen-bond donors (Lipinski definition) is 1. The molecule has 0 radical (unpaired) electrons. The molecule has 0 saturated carbocycles. The maximum absolute atomic E-state index is 12.7. The molecule has 1 heterocycles. The Morgan fingerprint density at radius 3 is 2.88 bits per heavy atom. The molecule has 0 bridgehead atoms. The summed E-state index contributed by atoms with van der Waals surface area (Å²) >= 11 is 0. The lowest BCUT2D eigenvalue weighted by molar-refractivity contribution is 0.0766. The van der Waals surface area contributed by atoms with Gasteiger partial charge in [-0.25, -0.2) is 0 Å². The first-order valence-electron chi connectivity index (χ1n) is 8.51. The maximum Gasteiger partial charge on any atom is 0.254 e. The second-order valence-corrected chi connectivity index (χ2v) is 6.20. The Bertz CT molecular complexity index is 692. The Morgan fingerprint density at radius 2 is 2.00 bits per heavy atom. The molecule has 1 N–H and O–H groups in total. The van der Waals surface area contributed by atoms with Crippen molar-refractivity contribution in [1.82, 2.24) is 10.2 Å². The van der Waals surface area contributed by atoms with Crippen molar-refractivity contribution in [3.63, 3.8) is 0 Å². The van der Waals surface area contributed by atoms with Crippen LogP contribution in [0, 0.1) is 6.92 Å². The molecular formula is C20H24N2O2. The average Bonchev–Trinajstić information content (AvgIpc) is 2.89. The zero-order valence-corrected chi connectivity index (χ0v) is 14.1. The Labute approximate surface area is 143 Å². The minimum absolute atomic E-state index is 0.0831. The molecule has 2 aromatic rings. The van der Waals surface area contributed by atoms with Crippen LogP contribution in [0.1, 0.15) is 27.9 Å². The Kier molecular flexibility index (Phi) is 5.49. The molecule has 0 aromatic heterocycles. The van der Waals surface area contributed by atoms with Crippen LogP contribution in [-0.4, -0.2) is 37.0 Å². The molecule has 2 aromatic carbocycles. The van der Waals surface area contributed by atoms with Crippen LogP contribution in [-0.2, 0) is 6.61 Å². The van der Waals surface area contributed by atoms with Gasteiger partial charge in [-0.2, -0.15) is 0 Å². The molecule has 1 saturated heterocycles. The first kappa shape index (κ1) is 16.5. The number of carbonyl (C=O) groups excluding carboxylic acids is 1. The third kappa shape index (κ3) is 4.36. The zero-order valence-electron chi connectivity index (χ0n) is 14.1. The van der Waals surface area contributed by atoms with E-state index in [9.17, 15) is 4.79 Å². The quantitative estimate of drug-likeness (QED) is 0.940. The lowest BCUT2D eigenvalue weighted by atomic mass is 10.1. The standard InChI is InChI=1S/C20H24N2O2/c1-16-5-2-6-17(13-16)15-24-19-8-3-7-18(14-19)20(23)22-11-4-9-21-10-12-22/h2-3,5-8,13-14,21H,4,9-12,15H2,1H3. The van der Waals surface area contributed by atoms with Gasteiger partial charge in [-0.15, -0.1) is 0 Å². The number of aryl methyl sites for hydroxylation is 1. The second kappa shape index (κ2) is 7.97. The summed E-state index contributed by atoms with van der Waals surface area (Å²) < 4.78 is 5.87. The molecule has 3 rings (SSSR count). The molecule has 126 valence electrons. The number of amides is 1. The Hall–Kier alpha value is -2.33. The molecule has 4 heteroatoms. The minimum Gasteiger partial charge on any atom is -0.489 e. The third-order valence-corrected chi connectivity index (χ3v) is 4.20. The fourth-order valence-corrected chi connectivity index (χ4v) is 2.92. The van der Waals surface area contributed by atoms with E-state index in [2.05, 4.69) is 24.4 Å². The number of rotatable bonds is 4. The van der Waals surface area contributed by atoms with E-state index in [-0.39, 0.29) is 5.91 Å². The summed E-state index contributed by atoms with van der Waals surface area (Å²) in [5.74, 6) is 0.815. The van der Waals surface area contributed by atoms with Gasteiger partial charge in [0.15, 0.2) is 0 Å². The average molecular weight is 324 g/mol. The molecular weight excluding hydrogens is 300 g/mol. The number of nitrogens with one attached hydrogen (secondary N) is 1.